The molecule has 1 aliphatic carbocycles. The number of nitrogens with two attached hydrogens (primary N) is 1. The minimum Gasteiger partial charge on any atom is -0.496 e. The Balaban J connectivity index is 1.95. The Kier molecular flexibility index (Phi) is 3.18. The first-order valence-electron chi connectivity index (χ1n) is 6.20. The number of hydrogen-bond donors (Lipinski definition) is 1. The Labute approximate surface area is 119 Å². The van der Waals surface area contributed by atoms with Crippen molar-refractivity contribution in [3.8, 4) is 5.75 Å². The molecule has 0 unspecified atom stereocenters. The second kappa shape index (κ2) is 4.85. The molecule has 0 amide bonds. The zero-order valence-corrected chi connectivity index (χ0v) is 12.2. The summed E-state index contributed by atoms with van der Waals surface area (Å²) in [6.45, 7) is 0.624. The van der Waals surface area contributed by atoms with Crippen molar-refractivity contribution in [1.82, 2.24) is 15.0 Å². The molecule has 19 heavy (non-hydrogen) atoms. The molecule has 0 aliphatic heterocycles. The van der Waals surface area contributed by atoms with Crippen LogP contribution in [0.4, 0.5) is 5.82 Å². The standard InChI is InChI=1S/C13H15BrN4O/c1-19-11-5-4-10(14)6-9(11)7-18-12(8-2-3-8)13(15)16-17-18/h4-6,8H,2-3,7,15H2,1H3. The maximum atomic E-state index is 5.90. The SMILES string of the molecule is COc1ccc(Br)cc1Cn1nnc(N)c1C1CC1. The highest BCUT2D eigenvalue weighted by molar-refractivity contribution is 9.10. The van der Waals surface area contributed by atoms with Crippen LogP contribution in [0.25, 0.3) is 0 Å². The lowest BCUT2D eigenvalue weighted by Gasteiger charge is -2.10. The first kappa shape index (κ1) is 12.5. The molecule has 1 aromatic carbocycles. The van der Waals surface area contributed by atoms with Gasteiger partial charge in [0.05, 0.1) is 19.3 Å². The van der Waals surface area contributed by atoms with E-state index in [1.165, 1.54) is 12.8 Å². The van der Waals surface area contributed by atoms with E-state index in [-0.39, 0.29) is 0 Å². The van der Waals surface area contributed by atoms with E-state index in [1.54, 1.807) is 7.11 Å². The van der Waals surface area contributed by atoms with Crippen molar-refractivity contribution in [2.75, 3.05) is 12.8 Å². The van der Waals surface area contributed by atoms with Crippen LogP contribution in [0.5, 0.6) is 5.75 Å². The second-order valence-corrected chi connectivity index (χ2v) is 5.66. The van der Waals surface area contributed by atoms with Crippen molar-refractivity contribution in [3.05, 3.63) is 33.9 Å². The third kappa shape index (κ3) is 2.45. The van der Waals surface area contributed by atoms with Crippen LogP contribution in [0.1, 0.15) is 30.0 Å². The summed E-state index contributed by atoms with van der Waals surface area (Å²) in [5, 5.41) is 8.14. The Morgan fingerprint density at radius 1 is 1.47 bits per heavy atom. The van der Waals surface area contributed by atoms with Gasteiger partial charge in [-0.3, -0.25) is 0 Å². The number of rotatable bonds is 4. The van der Waals surface area contributed by atoms with Crippen LogP contribution in [0.2, 0.25) is 0 Å². The summed E-state index contributed by atoms with van der Waals surface area (Å²) in [4.78, 5) is 0. The molecule has 3 rings (SSSR count). The Morgan fingerprint density at radius 2 is 2.26 bits per heavy atom. The summed E-state index contributed by atoms with van der Waals surface area (Å²) < 4.78 is 8.29. The molecule has 1 saturated carbocycles. The Hall–Kier alpha value is -1.56. The number of aromatic nitrogens is 3. The number of halogens is 1. The molecule has 2 N–H and O–H groups in total. The third-order valence-corrected chi connectivity index (χ3v) is 3.82. The highest BCUT2D eigenvalue weighted by Gasteiger charge is 2.30. The molecule has 1 fully saturated rings. The van der Waals surface area contributed by atoms with Crippen LogP contribution in [0.3, 0.4) is 0 Å². The van der Waals surface area contributed by atoms with E-state index in [0.717, 1.165) is 21.5 Å². The van der Waals surface area contributed by atoms with Crippen LogP contribution in [-0.2, 0) is 6.54 Å². The van der Waals surface area contributed by atoms with Crippen LogP contribution < -0.4 is 10.5 Å². The fraction of sp³-hybridized carbons (Fsp3) is 0.385. The summed E-state index contributed by atoms with van der Waals surface area (Å²) >= 11 is 3.48. The Morgan fingerprint density at radius 3 is 2.95 bits per heavy atom. The predicted molar refractivity (Wildman–Crippen MR) is 76.2 cm³/mol. The molecular weight excluding hydrogens is 308 g/mol. The van der Waals surface area contributed by atoms with Gasteiger partial charge in [0.15, 0.2) is 5.82 Å². The topological polar surface area (TPSA) is 66.0 Å². The number of hydrogen-bond acceptors (Lipinski definition) is 4. The smallest absolute Gasteiger partial charge is 0.169 e. The molecule has 1 heterocycles. The van der Waals surface area contributed by atoms with Crippen molar-refractivity contribution in [3.63, 3.8) is 0 Å². The minimum atomic E-state index is 0.521. The maximum Gasteiger partial charge on any atom is 0.169 e. The highest BCUT2D eigenvalue weighted by atomic mass is 79.9. The van der Waals surface area contributed by atoms with E-state index >= 15 is 0 Å². The largest absolute Gasteiger partial charge is 0.496 e. The second-order valence-electron chi connectivity index (χ2n) is 4.75. The number of nitrogens with zero attached hydrogens (tertiary/aromatic N) is 3. The summed E-state index contributed by atoms with van der Waals surface area (Å²) in [6, 6.07) is 5.93. The Bertz CT molecular complexity index is 607. The maximum absolute atomic E-state index is 5.90. The lowest BCUT2D eigenvalue weighted by Crippen LogP contribution is -2.08. The van der Waals surface area contributed by atoms with Crippen LogP contribution in [-0.4, -0.2) is 22.1 Å². The summed E-state index contributed by atoms with van der Waals surface area (Å²) in [5.41, 5.74) is 8.02. The summed E-state index contributed by atoms with van der Waals surface area (Å²) in [5.74, 6) is 1.92. The van der Waals surface area contributed by atoms with Crippen molar-refractivity contribution >= 4 is 21.7 Å². The van der Waals surface area contributed by atoms with E-state index < -0.39 is 0 Å². The van der Waals surface area contributed by atoms with E-state index in [0.29, 0.717) is 18.3 Å². The van der Waals surface area contributed by atoms with Crippen molar-refractivity contribution in [2.24, 2.45) is 0 Å². The van der Waals surface area contributed by atoms with Gasteiger partial charge in [0, 0.05) is 16.0 Å². The first-order valence-corrected chi connectivity index (χ1v) is 6.99. The summed E-state index contributed by atoms with van der Waals surface area (Å²) in [7, 11) is 1.67. The normalized spacial score (nSPS) is 14.6. The van der Waals surface area contributed by atoms with Crippen LogP contribution in [0.15, 0.2) is 22.7 Å². The predicted octanol–water partition coefficient (Wildman–Crippen LogP) is 2.56. The fourth-order valence-corrected chi connectivity index (χ4v) is 2.67. The molecule has 0 bridgehead atoms. The monoisotopic (exact) mass is 322 g/mol. The van der Waals surface area contributed by atoms with Gasteiger partial charge in [-0.25, -0.2) is 4.68 Å². The van der Waals surface area contributed by atoms with Gasteiger partial charge in [-0.1, -0.05) is 21.1 Å². The summed E-state index contributed by atoms with van der Waals surface area (Å²) in [6.07, 6.45) is 2.35. The quantitative estimate of drug-likeness (QED) is 0.939. The van der Waals surface area contributed by atoms with Gasteiger partial charge in [0.25, 0.3) is 0 Å². The van der Waals surface area contributed by atoms with Gasteiger partial charge >= 0.3 is 0 Å². The van der Waals surface area contributed by atoms with Crippen LogP contribution >= 0.6 is 15.9 Å². The zero-order chi connectivity index (χ0) is 13.4. The molecule has 100 valence electrons. The molecular formula is C13H15BrN4O. The number of nitrogen functional groups attached to an aromatic ring is 1. The fourth-order valence-electron chi connectivity index (χ4n) is 2.26. The average molecular weight is 323 g/mol. The van der Waals surface area contributed by atoms with Gasteiger partial charge in [-0.15, -0.1) is 5.10 Å². The molecule has 1 aromatic heterocycles. The van der Waals surface area contributed by atoms with E-state index in [4.69, 9.17) is 10.5 Å². The lowest BCUT2D eigenvalue weighted by molar-refractivity contribution is 0.406. The molecule has 0 saturated heterocycles. The molecule has 6 heteroatoms. The van der Waals surface area contributed by atoms with Crippen molar-refractivity contribution < 1.29 is 4.74 Å². The van der Waals surface area contributed by atoms with Crippen molar-refractivity contribution in [1.29, 1.82) is 0 Å². The van der Waals surface area contributed by atoms with Gasteiger partial charge in [-0.2, -0.15) is 0 Å². The molecule has 0 atom stereocenters. The number of ether oxygens (including phenoxy) is 1. The number of benzene rings is 1. The van der Waals surface area contributed by atoms with Crippen molar-refractivity contribution in [2.45, 2.75) is 25.3 Å². The first-order chi connectivity index (χ1) is 9.19. The van der Waals surface area contributed by atoms with E-state index in [9.17, 15) is 0 Å². The average Bonchev–Trinajstić information content (AvgIpc) is 3.15. The number of methoxy groups -OCH3 is 1. The van der Waals surface area contributed by atoms with Gasteiger partial charge in [-0.05, 0) is 31.0 Å². The van der Waals surface area contributed by atoms with E-state index in [2.05, 4.69) is 26.2 Å². The van der Waals surface area contributed by atoms with E-state index in [1.807, 2.05) is 22.9 Å². The van der Waals surface area contributed by atoms with Gasteiger partial charge in [0.1, 0.15) is 5.75 Å². The highest BCUT2D eigenvalue weighted by Crippen LogP contribution is 2.42. The number of anilines is 1. The molecule has 2 aromatic rings. The van der Waals surface area contributed by atoms with Gasteiger partial charge < -0.3 is 10.5 Å². The molecule has 0 radical (unpaired) electrons. The molecule has 5 nitrogen and oxygen atoms in total. The van der Waals surface area contributed by atoms with Gasteiger partial charge in [0.2, 0.25) is 0 Å². The minimum absolute atomic E-state index is 0.521. The molecule has 0 spiro atoms. The van der Waals surface area contributed by atoms with Crippen LogP contribution in [0, 0.1) is 0 Å². The zero-order valence-electron chi connectivity index (χ0n) is 10.6. The molecule has 1 aliphatic rings. The lowest BCUT2D eigenvalue weighted by atomic mass is 10.2. The third-order valence-electron chi connectivity index (χ3n) is 3.33.